The van der Waals surface area contributed by atoms with Crippen LogP contribution in [-0.4, -0.2) is 45.8 Å². The average molecular weight is 400 g/mol. The van der Waals surface area contributed by atoms with Crippen molar-refractivity contribution in [3.05, 3.63) is 66.0 Å². The Morgan fingerprint density at radius 1 is 1.03 bits per heavy atom. The highest BCUT2D eigenvalue weighted by Gasteiger charge is 2.20. The molecule has 7 nitrogen and oxygen atoms in total. The number of ether oxygens (including phenoxy) is 1. The Kier molecular flexibility index (Phi) is 4.80. The molecule has 1 saturated heterocycles. The number of benzene rings is 2. The third-order valence-corrected chi connectivity index (χ3v) is 5.34. The van der Waals surface area contributed by atoms with Gasteiger partial charge in [-0.15, -0.1) is 0 Å². The Labute approximate surface area is 175 Å². The number of rotatable bonds is 4. The molecular weight excluding hydrogens is 376 g/mol. The van der Waals surface area contributed by atoms with Crippen LogP contribution in [0.3, 0.4) is 0 Å². The second-order valence-electron chi connectivity index (χ2n) is 7.63. The van der Waals surface area contributed by atoms with Gasteiger partial charge >= 0.3 is 0 Å². The van der Waals surface area contributed by atoms with Crippen LogP contribution in [0, 0.1) is 6.92 Å². The van der Waals surface area contributed by atoms with E-state index in [1.165, 1.54) is 5.56 Å². The Hall–Kier alpha value is -3.45. The van der Waals surface area contributed by atoms with E-state index in [0.29, 0.717) is 19.8 Å². The normalized spacial score (nSPS) is 14.4. The van der Waals surface area contributed by atoms with E-state index >= 15 is 0 Å². The number of morpholine rings is 1. The van der Waals surface area contributed by atoms with E-state index in [1.807, 2.05) is 24.5 Å². The zero-order chi connectivity index (χ0) is 20.5. The van der Waals surface area contributed by atoms with Crippen LogP contribution in [0.5, 0.6) is 0 Å². The molecule has 1 aliphatic heterocycles. The van der Waals surface area contributed by atoms with Gasteiger partial charge in [-0.3, -0.25) is 0 Å². The highest BCUT2D eigenvalue weighted by atomic mass is 16.5. The molecule has 152 valence electrons. The van der Waals surface area contributed by atoms with Crippen LogP contribution in [0.2, 0.25) is 0 Å². The summed E-state index contributed by atoms with van der Waals surface area (Å²) in [6.45, 7) is 5.66. The first-order valence-electron chi connectivity index (χ1n) is 10.1. The molecule has 7 heteroatoms. The molecule has 0 bridgehead atoms. The highest BCUT2D eigenvalue weighted by Crippen LogP contribution is 2.29. The molecule has 0 spiro atoms. The second kappa shape index (κ2) is 7.76. The lowest BCUT2D eigenvalue weighted by atomic mass is 10.1. The zero-order valence-corrected chi connectivity index (χ0v) is 17.0. The van der Waals surface area contributed by atoms with Gasteiger partial charge in [-0.05, 0) is 30.7 Å². The van der Waals surface area contributed by atoms with Crippen molar-refractivity contribution >= 4 is 22.8 Å². The summed E-state index contributed by atoms with van der Waals surface area (Å²) in [4.78, 5) is 16.7. The summed E-state index contributed by atoms with van der Waals surface area (Å²) in [5.74, 6) is 0.719. The third-order valence-electron chi connectivity index (χ3n) is 5.34. The van der Waals surface area contributed by atoms with Gasteiger partial charge in [0.2, 0.25) is 5.95 Å². The van der Waals surface area contributed by atoms with Gasteiger partial charge in [-0.1, -0.05) is 35.9 Å². The van der Waals surface area contributed by atoms with Crippen LogP contribution in [0.15, 0.2) is 54.9 Å². The predicted molar refractivity (Wildman–Crippen MR) is 118 cm³/mol. The molecule has 0 aliphatic carbocycles. The van der Waals surface area contributed by atoms with E-state index < -0.39 is 0 Å². The number of aryl methyl sites for hydroxylation is 1. The van der Waals surface area contributed by atoms with E-state index in [2.05, 4.69) is 46.7 Å². The largest absolute Gasteiger partial charge is 0.399 e. The molecule has 0 unspecified atom stereocenters. The standard InChI is InChI=1S/C23H24N6O/c1-16-4-2-6-18(12-16)20-21-22(27-23(26-20)28-8-10-30-11-9-28)29(15-25-21)14-17-5-3-7-19(24)13-17/h2-7,12-13,15H,8-11,14,24H2,1H3. The average Bonchev–Trinajstić information content (AvgIpc) is 3.16. The fourth-order valence-corrected chi connectivity index (χ4v) is 3.84. The lowest BCUT2D eigenvalue weighted by Gasteiger charge is -2.27. The van der Waals surface area contributed by atoms with Crippen LogP contribution >= 0.6 is 0 Å². The van der Waals surface area contributed by atoms with Gasteiger partial charge in [0.1, 0.15) is 11.2 Å². The number of anilines is 2. The maximum absolute atomic E-state index is 5.97. The number of nitrogens with two attached hydrogens (primary N) is 1. The summed E-state index contributed by atoms with van der Waals surface area (Å²) >= 11 is 0. The van der Waals surface area contributed by atoms with Gasteiger partial charge in [0.05, 0.1) is 26.1 Å². The Morgan fingerprint density at radius 3 is 2.67 bits per heavy atom. The topological polar surface area (TPSA) is 82.1 Å². The Balaban J connectivity index is 1.65. The number of nitrogen functional groups attached to an aromatic ring is 1. The smallest absolute Gasteiger partial charge is 0.228 e. The quantitative estimate of drug-likeness (QED) is 0.530. The molecule has 3 heterocycles. The third kappa shape index (κ3) is 3.59. The van der Waals surface area contributed by atoms with Crippen molar-refractivity contribution in [1.82, 2.24) is 19.5 Å². The van der Waals surface area contributed by atoms with Crippen LogP contribution < -0.4 is 10.6 Å². The van der Waals surface area contributed by atoms with Gasteiger partial charge in [-0.25, -0.2) is 9.97 Å². The van der Waals surface area contributed by atoms with E-state index in [0.717, 1.165) is 52.7 Å². The summed E-state index contributed by atoms with van der Waals surface area (Å²) in [7, 11) is 0. The van der Waals surface area contributed by atoms with Crippen molar-refractivity contribution in [2.24, 2.45) is 0 Å². The number of imidazole rings is 1. The molecule has 5 rings (SSSR count). The van der Waals surface area contributed by atoms with E-state index in [4.69, 9.17) is 25.4 Å². The van der Waals surface area contributed by atoms with Crippen molar-refractivity contribution in [1.29, 1.82) is 0 Å². The zero-order valence-electron chi connectivity index (χ0n) is 17.0. The molecule has 0 radical (unpaired) electrons. The van der Waals surface area contributed by atoms with Crippen molar-refractivity contribution in [3.8, 4) is 11.3 Å². The van der Waals surface area contributed by atoms with Crippen molar-refractivity contribution in [2.75, 3.05) is 36.9 Å². The fraction of sp³-hybridized carbons (Fsp3) is 0.261. The lowest BCUT2D eigenvalue weighted by Crippen LogP contribution is -2.37. The van der Waals surface area contributed by atoms with E-state index in [9.17, 15) is 0 Å². The maximum Gasteiger partial charge on any atom is 0.228 e. The van der Waals surface area contributed by atoms with Gasteiger partial charge in [0.15, 0.2) is 5.65 Å². The summed E-state index contributed by atoms with van der Waals surface area (Å²) in [5.41, 5.74) is 12.6. The maximum atomic E-state index is 5.97. The van der Waals surface area contributed by atoms with Crippen molar-refractivity contribution in [2.45, 2.75) is 13.5 Å². The molecule has 2 aromatic carbocycles. The molecule has 0 atom stereocenters. The summed E-state index contributed by atoms with van der Waals surface area (Å²) in [5, 5.41) is 0. The summed E-state index contributed by atoms with van der Waals surface area (Å²) in [6, 6.07) is 16.3. The fourth-order valence-electron chi connectivity index (χ4n) is 3.84. The molecule has 0 amide bonds. The number of hydrogen-bond acceptors (Lipinski definition) is 6. The Bertz CT molecular complexity index is 1200. The van der Waals surface area contributed by atoms with Gasteiger partial charge in [-0.2, -0.15) is 4.98 Å². The van der Waals surface area contributed by atoms with Crippen LogP contribution in [0.4, 0.5) is 11.6 Å². The molecule has 1 fully saturated rings. The number of aromatic nitrogens is 4. The van der Waals surface area contributed by atoms with Crippen LogP contribution in [-0.2, 0) is 11.3 Å². The molecule has 2 N–H and O–H groups in total. The summed E-state index contributed by atoms with van der Waals surface area (Å²) in [6.07, 6.45) is 1.84. The number of hydrogen-bond donors (Lipinski definition) is 1. The minimum Gasteiger partial charge on any atom is -0.399 e. The first kappa shape index (κ1) is 18.6. The molecule has 0 saturated carbocycles. The van der Waals surface area contributed by atoms with Crippen LogP contribution in [0.1, 0.15) is 11.1 Å². The van der Waals surface area contributed by atoms with Crippen molar-refractivity contribution in [3.63, 3.8) is 0 Å². The minimum atomic E-state index is 0.647. The van der Waals surface area contributed by atoms with Crippen LogP contribution in [0.25, 0.3) is 22.4 Å². The lowest BCUT2D eigenvalue weighted by molar-refractivity contribution is 0.122. The molecule has 4 aromatic rings. The molecule has 1 aliphatic rings. The number of fused-ring (bicyclic) bond motifs is 1. The first-order valence-corrected chi connectivity index (χ1v) is 10.1. The monoisotopic (exact) mass is 400 g/mol. The Morgan fingerprint density at radius 2 is 1.87 bits per heavy atom. The minimum absolute atomic E-state index is 0.647. The molecule has 30 heavy (non-hydrogen) atoms. The first-order chi connectivity index (χ1) is 14.7. The SMILES string of the molecule is Cc1cccc(-c2nc(N3CCOCC3)nc3c2ncn3Cc2cccc(N)c2)c1. The van der Waals surface area contributed by atoms with Gasteiger partial charge in [0.25, 0.3) is 0 Å². The number of nitrogens with zero attached hydrogens (tertiary/aromatic N) is 5. The van der Waals surface area contributed by atoms with Gasteiger partial charge in [0, 0.05) is 24.3 Å². The van der Waals surface area contributed by atoms with Crippen molar-refractivity contribution < 1.29 is 4.74 Å². The summed E-state index contributed by atoms with van der Waals surface area (Å²) < 4.78 is 7.58. The molecular formula is C23H24N6O. The second-order valence-corrected chi connectivity index (χ2v) is 7.63. The highest BCUT2D eigenvalue weighted by molar-refractivity contribution is 5.88. The van der Waals surface area contributed by atoms with E-state index in [1.54, 1.807) is 0 Å². The van der Waals surface area contributed by atoms with E-state index in [-0.39, 0.29) is 0 Å². The molecule has 2 aromatic heterocycles. The predicted octanol–water partition coefficient (Wildman–Crippen LogP) is 3.27. The van der Waals surface area contributed by atoms with Gasteiger partial charge < -0.3 is 19.9 Å².